The summed E-state index contributed by atoms with van der Waals surface area (Å²) in [4.78, 5) is 26.6. The average Bonchev–Trinajstić information content (AvgIpc) is 2.96. The second kappa shape index (κ2) is 13.2. The van der Waals surface area contributed by atoms with Gasteiger partial charge in [-0.2, -0.15) is 0 Å². The Hall–Kier alpha value is -4.98. The highest BCUT2D eigenvalue weighted by Gasteiger charge is 2.21. The number of phenols is 1. The number of nitrogens with zero attached hydrogens (tertiary/aromatic N) is 1. The number of hydrogen-bond acceptors (Lipinski definition) is 6. The molecule has 0 aliphatic rings. The molecule has 40 heavy (non-hydrogen) atoms. The summed E-state index contributed by atoms with van der Waals surface area (Å²) in [6.07, 6.45) is 0. The van der Waals surface area contributed by atoms with Gasteiger partial charge in [-0.1, -0.05) is 36.4 Å². The first kappa shape index (κ1) is 28.0. The van der Waals surface area contributed by atoms with Gasteiger partial charge in [0.2, 0.25) is 5.91 Å². The number of aromatic hydroxyl groups is 1. The van der Waals surface area contributed by atoms with E-state index >= 15 is 0 Å². The van der Waals surface area contributed by atoms with Gasteiger partial charge in [0.15, 0.2) is 0 Å². The Labute approximate surface area is 233 Å². The minimum Gasteiger partial charge on any atom is -0.507 e. The number of hydrogen-bond donors (Lipinski definition) is 2. The number of nitrogens with one attached hydrogen (secondary N) is 1. The Morgan fingerprint density at radius 2 is 1.50 bits per heavy atom. The Bertz CT molecular complexity index is 1450. The summed E-state index contributed by atoms with van der Waals surface area (Å²) in [7, 11) is 3.10. The molecule has 0 atom stereocenters. The molecule has 0 heterocycles. The molecule has 0 spiro atoms. The van der Waals surface area contributed by atoms with E-state index in [0.29, 0.717) is 36.0 Å². The van der Waals surface area contributed by atoms with Crippen LogP contribution in [-0.2, 0) is 24.5 Å². The summed E-state index contributed by atoms with van der Waals surface area (Å²) in [5, 5.41) is 13.3. The maximum Gasteiger partial charge on any atom is 0.258 e. The molecule has 0 aliphatic carbocycles. The zero-order valence-electron chi connectivity index (χ0n) is 22.7. The molecule has 2 amide bonds. The Balaban J connectivity index is 1.56. The smallest absolute Gasteiger partial charge is 0.258 e. The van der Waals surface area contributed by atoms with Crippen LogP contribution in [0.3, 0.4) is 0 Å². The summed E-state index contributed by atoms with van der Waals surface area (Å²) in [5.74, 6) is 1.17. The molecular weight excluding hydrogens is 508 g/mol. The van der Waals surface area contributed by atoms with E-state index in [4.69, 9.17) is 14.2 Å². The molecule has 0 aliphatic heterocycles. The van der Waals surface area contributed by atoms with Crippen LogP contribution in [0.2, 0.25) is 0 Å². The van der Waals surface area contributed by atoms with Crippen LogP contribution in [0.15, 0.2) is 91.0 Å². The van der Waals surface area contributed by atoms with Crippen LogP contribution >= 0.6 is 0 Å². The molecule has 0 radical (unpaired) electrons. The van der Waals surface area contributed by atoms with Crippen LogP contribution < -0.4 is 19.5 Å². The fourth-order valence-electron chi connectivity index (χ4n) is 4.26. The number of carbonyl (C=O) groups is 2. The minimum absolute atomic E-state index is 0.141. The fourth-order valence-corrected chi connectivity index (χ4v) is 4.26. The molecule has 0 bridgehead atoms. The van der Waals surface area contributed by atoms with E-state index in [9.17, 15) is 14.7 Å². The molecule has 0 saturated heterocycles. The molecular formula is C32H32N2O6. The molecule has 0 unspecified atom stereocenters. The van der Waals surface area contributed by atoms with Crippen LogP contribution in [0.4, 0.5) is 5.69 Å². The van der Waals surface area contributed by atoms with Gasteiger partial charge in [-0.25, -0.2) is 0 Å². The lowest BCUT2D eigenvalue weighted by Gasteiger charge is -2.24. The molecule has 0 saturated carbocycles. The van der Waals surface area contributed by atoms with Crippen molar-refractivity contribution in [1.82, 2.24) is 4.90 Å². The number of amides is 2. The van der Waals surface area contributed by atoms with Gasteiger partial charge in [0, 0.05) is 37.3 Å². The first-order valence-corrected chi connectivity index (χ1v) is 12.7. The standard InChI is InChI=1S/C32H32N2O6/c1-22(35)33-26-10-12-27(13-11-26)40-21-25-17-24(9-16-31(25)39-3)20-34(19-23-7-5-4-6-8-23)32(37)29-15-14-28(38-2)18-30(29)36/h4-18,36H,19-21H2,1-3H3,(H,33,35). The third kappa shape index (κ3) is 7.32. The summed E-state index contributed by atoms with van der Waals surface area (Å²) < 4.78 is 16.7. The third-order valence-electron chi connectivity index (χ3n) is 6.23. The van der Waals surface area contributed by atoms with Crippen LogP contribution in [0, 0.1) is 0 Å². The van der Waals surface area contributed by atoms with Crippen molar-refractivity contribution < 1.29 is 28.9 Å². The molecule has 2 N–H and O–H groups in total. The van der Waals surface area contributed by atoms with Crippen molar-refractivity contribution in [2.45, 2.75) is 26.6 Å². The lowest BCUT2D eigenvalue weighted by Crippen LogP contribution is -2.30. The van der Waals surface area contributed by atoms with Gasteiger partial charge >= 0.3 is 0 Å². The van der Waals surface area contributed by atoms with Crippen molar-refractivity contribution in [3.8, 4) is 23.0 Å². The summed E-state index contributed by atoms with van der Waals surface area (Å²) in [6.45, 7) is 2.34. The van der Waals surface area contributed by atoms with Crippen molar-refractivity contribution in [3.63, 3.8) is 0 Å². The Kier molecular flexibility index (Phi) is 9.25. The zero-order valence-corrected chi connectivity index (χ0v) is 22.7. The number of rotatable bonds is 11. The van der Waals surface area contributed by atoms with Crippen molar-refractivity contribution in [1.29, 1.82) is 0 Å². The van der Waals surface area contributed by atoms with Crippen LogP contribution in [0.5, 0.6) is 23.0 Å². The lowest BCUT2D eigenvalue weighted by molar-refractivity contribution is -0.114. The van der Waals surface area contributed by atoms with Gasteiger partial charge in [-0.15, -0.1) is 0 Å². The first-order valence-electron chi connectivity index (χ1n) is 12.7. The predicted molar refractivity (Wildman–Crippen MR) is 153 cm³/mol. The number of methoxy groups -OCH3 is 2. The van der Waals surface area contributed by atoms with E-state index in [1.165, 1.54) is 20.1 Å². The zero-order chi connectivity index (χ0) is 28.5. The van der Waals surface area contributed by atoms with Gasteiger partial charge < -0.3 is 29.5 Å². The summed E-state index contributed by atoms with van der Waals surface area (Å²) in [6, 6.07) is 27.1. The van der Waals surface area contributed by atoms with E-state index < -0.39 is 0 Å². The highest BCUT2D eigenvalue weighted by molar-refractivity contribution is 5.97. The number of phenolic OH excluding ortho intramolecular Hbond substituents is 1. The lowest BCUT2D eigenvalue weighted by atomic mass is 10.1. The van der Waals surface area contributed by atoms with Gasteiger partial charge in [-0.05, 0) is 59.7 Å². The Morgan fingerprint density at radius 1 is 0.800 bits per heavy atom. The maximum absolute atomic E-state index is 13.6. The van der Waals surface area contributed by atoms with E-state index in [2.05, 4.69) is 5.32 Å². The summed E-state index contributed by atoms with van der Waals surface area (Å²) >= 11 is 0. The quantitative estimate of drug-likeness (QED) is 0.250. The molecule has 0 fully saturated rings. The number of ether oxygens (including phenoxy) is 3. The maximum atomic E-state index is 13.6. The largest absolute Gasteiger partial charge is 0.507 e. The summed E-state index contributed by atoms with van der Waals surface area (Å²) in [5.41, 5.74) is 3.52. The van der Waals surface area contributed by atoms with Gasteiger partial charge in [0.25, 0.3) is 5.91 Å². The molecule has 8 heteroatoms. The second-order valence-electron chi connectivity index (χ2n) is 9.17. The van der Waals surface area contributed by atoms with Gasteiger partial charge in [-0.3, -0.25) is 9.59 Å². The van der Waals surface area contributed by atoms with Crippen molar-refractivity contribution in [3.05, 3.63) is 113 Å². The number of carbonyl (C=O) groups excluding carboxylic acids is 2. The van der Waals surface area contributed by atoms with Crippen LogP contribution in [-0.4, -0.2) is 36.0 Å². The minimum atomic E-state index is -0.308. The van der Waals surface area contributed by atoms with E-state index in [1.807, 2.05) is 48.5 Å². The van der Waals surface area contributed by atoms with E-state index in [-0.39, 0.29) is 29.7 Å². The first-order chi connectivity index (χ1) is 19.4. The number of anilines is 1. The van der Waals surface area contributed by atoms with Gasteiger partial charge in [0.05, 0.1) is 19.8 Å². The average molecular weight is 541 g/mol. The molecule has 4 aromatic rings. The van der Waals surface area contributed by atoms with Gasteiger partial charge in [0.1, 0.15) is 29.6 Å². The topological polar surface area (TPSA) is 97.3 Å². The normalized spacial score (nSPS) is 10.5. The van der Waals surface area contributed by atoms with Crippen LogP contribution in [0.1, 0.15) is 34.0 Å². The molecule has 206 valence electrons. The molecule has 0 aromatic heterocycles. The van der Waals surface area contributed by atoms with Crippen molar-refractivity contribution in [2.75, 3.05) is 19.5 Å². The van der Waals surface area contributed by atoms with Crippen molar-refractivity contribution in [2.24, 2.45) is 0 Å². The Morgan fingerprint density at radius 3 is 2.15 bits per heavy atom. The van der Waals surface area contributed by atoms with Crippen molar-refractivity contribution >= 4 is 17.5 Å². The monoisotopic (exact) mass is 540 g/mol. The van der Waals surface area contributed by atoms with E-state index in [1.54, 1.807) is 48.4 Å². The third-order valence-corrected chi connectivity index (χ3v) is 6.23. The highest BCUT2D eigenvalue weighted by atomic mass is 16.5. The number of benzene rings is 4. The highest BCUT2D eigenvalue weighted by Crippen LogP contribution is 2.28. The molecule has 4 aromatic carbocycles. The van der Waals surface area contributed by atoms with E-state index in [0.717, 1.165) is 16.7 Å². The SMILES string of the molecule is COc1ccc(C(=O)N(Cc2ccccc2)Cc2ccc(OC)c(COc3ccc(NC(C)=O)cc3)c2)c(O)c1. The predicted octanol–water partition coefficient (Wildman–Crippen LogP) is 5.79. The second-order valence-corrected chi connectivity index (χ2v) is 9.17. The molecule has 8 nitrogen and oxygen atoms in total. The fraction of sp³-hybridized carbons (Fsp3) is 0.188. The van der Waals surface area contributed by atoms with Crippen LogP contribution in [0.25, 0.3) is 0 Å². The molecule has 4 rings (SSSR count).